The fourth-order valence-corrected chi connectivity index (χ4v) is 3.45. The smallest absolute Gasteiger partial charge is 0.188 e. The predicted octanol–water partition coefficient (Wildman–Crippen LogP) is 3.40. The fraction of sp³-hybridized carbons (Fsp3) is 0.278. The second kappa shape index (κ2) is 7.72. The monoisotopic (exact) mass is 344 g/mol. The zero-order chi connectivity index (χ0) is 16.9. The van der Waals surface area contributed by atoms with Gasteiger partial charge in [-0.05, 0) is 30.2 Å². The van der Waals surface area contributed by atoms with Crippen molar-refractivity contribution in [3.63, 3.8) is 0 Å². The van der Waals surface area contributed by atoms with Crippen LogP contribution in [0.4, 0.5) is 0 Å². The first-order valence-corrected chi connectivity index (χ1v) is 8.50. The maximum atomic E-state index is 10.5. The van der Waals surface area contributed by atoms with Crippen molar-refractivity contribution in [3.05, 3.63) is 59.1 Å². The lowest BCUT2D eigenvalue weighted by molar-refractivity contribution is 0.0512. The molecule has 0 saturated heterocycles. The van der Waals surface area contributed by atoms with Gasteiger partial charge in [-0.3, -0.25) is 0 Å². The minimum Gasteiger partial charge on any atom is -0.468 e. The molecule has 2 aromatic carbocycles. The van der Waals surface area contributed by atoms with Crippen LogP contribution in [-0.4, -0.2) is 24.0 Å². The van der Waals surface area contributed by atoms with Crippen LogP contribution in [0, 0.1) is 0 Å². The third-order valence-corrected chi connectivity index (χ3v) is 4.83. The van der Waals surface area contributed by atoms with Crippen molar-refractivity contribution in [2.45, 2.75) is 18.6 Å². The van der Waals surface area contributed by atoms with Crippen molar-refractivity contribution in [2.24, 2.45) is 5.73 Å². The lowest BCUT2D eigenvalue weighted by Gasteiger charge is -2.15. The molecule has 0 amide bonds. The van der Waals surface area contributed by atoms with Crippen LogP contribution in [0.5, 0.6) is 5.75 Å². The van der Waals surface area contributed by atoms with E-state index in [4.69, 9.17) is 15.2 Å². The molecule has 0 aliphatic heterocycles. The molecule has 6 heteroatoms. The number of methoxy groups -OCH3 is 1. The molecule has 126 valence electrons. The molecule has 24 heavy (non-hydrogen) atoms. The van der Waals surface area contributed by atoms with Gasteiger partial charge in [0.2, 0.25) is 0 Å². The summed E-state index contributed by atoms with van der Waals surface area (Å²) in [5.74, 6) is 0.718. The summed E-state index contributed by atoms with van der Waals surface area (Å²) in [6.07, 6.45) is -0.266. The van der Waals surface area contributed by atoms with E-state index < -0.39 is 6.10 Å². The molecule has 2 atom stereocenters. The maximum Gasteiger partial charge on any atom is 0.188 e. The highest BCUT2D eigenvalue weighted by Gasteiger charge is 2.18. The average molecular weight is 344 g/mol. The van der Waals surface area contributed by atoms with Gasteiger partial charge in [0.05, 0.1) is 10.2 Å². The van der Waals surface area contributed by atoms with E-state index in [1.807, 2.05) is 48.5 Å². The molecule has 3 N–H and O–H groups in total. The molecule has 0 spiro atoms. The number of nitrogens with zero attached hydrogens (tertiary/aromatic N) is 1. The first-order chi connectivity index (χ1) is 11.7. The van der Waals surface area contributed by atoms with E-state index >= 15 is 0 Å². The molecule has 1 heterocycles. The summed E-state index contributed by atoms with van der Waals surface area (Å²) >= 11 is 1.45. The van der Waals surface area contributed by atoms with Crippen LogP contribution in [0.25, 0.3) is 10.2 Å². The molecule has 2 unspecified atom stereocenters. The lowest BCUT2D eigenvalue weighted by atomic mass is 10.0. The van der Waals surface area contributed by atoms with Crippen molar-refractivity contribution < 1.29 is 14.6 Å². The summed E-state index contributed by atoms with van der Waals surface area (Å²) in [6.45, 7) is 0.200. The molecule has 0 aliphatic carbocycles. The second-order valence-electron chi connectivity index (χ2n) is 5.50. The van der Waals surface area contributed by atoms with Crippen LogP contribution >= 0.6 is 11.3 Å². The SMILES string of the molecule is COCOc1ccc2nc(C(O)CC(N)c3ccccc3)sc2c1. The van der Waals surface area contributed by atoms with Crippen molar-refractivity contribution in [1.82, 2.24) is 4.98 Å². The number of ether oxygens (including phenoxy) is 2. The van der Waals surface area contributed by atoms with Crippen LogP contribution in [0.3, 0.4) is 0 Å². The van der Waals surface area contributed by atoms with Gasteiger partial charge in [-0.1, -0.05) is 30.3 Å². The lowest BCUT2D eigenvalue weighted by Crippen LogP contribution is -2.14. The van der Waals surface area contributed by atoms with Gasteiger partial charge in [0.15, 0.2) is 6.79 Å². The molecule has 0 bridgehead atoms. The van der Waals surface area contributed by atoms with Crippen molar-refractivity contribution in [3.8, 4) is 5.75 Å². The van der Waals surface area contributed by atoms with Crippen LogP contribution < -0.4 is 10.5 Å². The van der Waals surface area contributed by atoms with E-state index in [9.17, 15) is 5.11 Å². The Bertz CT molecular complexity index is 791. The number of aliphatic hydroxyl groups excluding tert-OH is 1. The Morgan fingerprint density at radius 2 is 2.00 bits per heavy atom. The summed E-state index contributed by atoms with van der Waals surface area (Å²) in [7, 11) is 1.58. The third-order valence-electron chi connectivity index (χ3n) is 3.71. The Kier molecular flexibility index (Phi) is 5.42. The van der Waals surface area contributed by atoms with Crippen molar-refractivity contribution >= 4 is 21.6 Å². The van der Waals surface area contributed by atoms with Gasteiger partial charge >= 0.3 is 0 Å². The minimum absolute atomic E-state index is 0.200. The molecule has 0 radical (unpaired) electrons. The van der Waals surface area contributed by atoms with Gasteiger partial charge < -0.3 is 20.3 Å². The van der Waals surface area contributed by atoms with E-state index in [0.717, 1.165) is 21.5 Å². The maximum absolute atomic E-state index is 10.5. The number of aliphatic hydroxyl groups is 1. The standard InChI is InChI=1S/C18H20N2O3S/c1-22-11-23-13-7-8-15-17(9-13)24-18(20-15)16(21)10-14(19)12-5-3-2-4-6-12/h2-9,14,16,21H,10-11,19H2,1H3. The zero-order valence-electron chi connectivity index (χ0n) is 13.4. The number of rotatable bonds is 7. The molecule has 1 aromatic heterocycles. The van der Waals surface area contributed by atoms with Crippen LogP contribution in [0.15, 0.2) is 48.5 Å². The third kappa shape index (κ3) is 3.91. The van der Waals surface area contributed by atoms with E-state index in [-0.39, 0.29) is 12.8 Å². The van der Waals surface area contributed by atoms with Gasteiger partial charge in [0.25, 0.3) is 0 Å². The van der Waals surface area contributed by atoms with Gasteiger partial charge in [0.1, 0.15) is 16.9 Å². The quantitative estimate of drug-likeness (QED) is 0.642. The Morgan fingerprint density at radius 1 is 1.21 bits per heavy atom. The van der Waals surface area contributed by atoms with E-state index in [1.54, 1.807) is 7.11 Å². The first kappa shape index (κ1) is 16.9. The van der Waals surface area contributed by atoms with Gasteiger partial charge in [0, 0.05) is 13.2 Å². The molecule has 0 fully saturated rings. The van der Waals surface area contributed by atoms with Gasteiger partial charge in [-0.2, -0.15) is 0 Å². The minimum atomic E-state index is -0.694. The topological polar surface area (TPSA) is 77.6 Å². The largest absolute Gasteiger partial charge is 0.468 e. The highest BCUT2D eigenvalue weighted by atomic mass is 32.1. The molecule has 0 saturated carbocycles. The molecular formula is C18H20N2O3S. The van der Waals surface area contributed by atoms with E-state index in [0.29, 0.717) is 11.4 Å². The number of aromatic nitrogens is 1. The number of fused-ring (bicyclic) bond motifs is 1. The van der Waals surface area contributed by atoms with Crippen LogP contribution in [0.1, 0.15) is 29.1 Å². The highest BCUT2D eigenvalue weighted by Crippen LogP contribution is 2.32. The fourth-order valence-electron chi connectivity index (χ4n) is 2.46. The molecular weight excluding hydrogens is 324 g/mol. The molecule has 0 aliphatic rings. The zero-order valence-corrected chi connectivity index (χ0v) is 14.2. The summed E-state index contributed by atoms with van der Waals surface area (Å²) in [5, 5.41) is 11.1. The summed E-state index contributed by atoms with van der Waals surface area (Å²) in [4.78, 5) is 4.51. The Labute approximate surface area is 144 Å². The van der Waals surface area contributed by atoms with E-state index in [1.165, 1.54) is 11.3 Å². The summed E-state index contributed by atoms with van der Waals surface area (Å²) in [5.41, 5.74) is 8.04. The number of nitrogens with two attached hydrogens (primary N) is 1. The Balaban J connectivity index is 1.73. The first-order valence-electron chi connectivity index (χ1n) is 7.68. The number of hydrogen-bond acceptors (Lipinski definition) is 6. The predicted molar refractivity (Wildman–Crippen MR) is 95.1 cm³/mol. The highest BCUT2D eigenvalue weighted by molar-refractivity contribution is 7.18. The van der Waals surface area contributed by atoms with Crippen LogP contribution in [0.2, 0.25) is 0 Å². The van der Waals surface area contributed by atoms with E-state index in [2.05, 4.69) is 4.98 Å². The summed E-state index contributed by atoms with van der Waals surface area (Å²) < 4.78 is 11.3. The Hall–Kier alpha value is -1.99. The second-order valence-corrected chi connectivity index (χ2v) is 6.56. The molecule has 3 rings (SSSR count). The normalized spacial score (nSPS) is 13.8. The number of benzene rings is 2. The van der Waals surface area contributed by atoms with Crippen molar-refractivity contribution in [1.29, 1.82) is 0 Å². The number of hydrogen-bond donors (Lipinski definition) is 2. The average Bonchev–Trinajstić information content (AvgIpc) is 3.04. The number of thiazole rings is 1. The molecule has 3 aromatic rings. The summed E-state index contributed by atoms with van der Waals surface area (Å²) in [6, 6.07) is 15.2. The molecule has 5 nitrogen and oxygen atoms in total. The van der Waals surface area contributed by atoms with Crippen molar-refractivity contribution in [2.75, 3.05) is 13.9 Å². The van der Waals surface area contributed by atoms with Crippen LogP contribution in [-0.2, 0) is 4.74 Å². The Morgan fingerprint density at radius 3 is 2.75 bits per heavy atom. The van der Waals surface area contributed by atoms with Gasteiger partial charge in [-0.25, -0.2) is 4.98 Å². The van der Waals surface area contributed by atoms with Gasteiger partial charge in [-0.15, -0.1) is 11.3 Å².